The molecule has 1 aliphatic rings. The number of benzene rings is 2. The zero-order valence-electron chi connectivity index (χ0n) is 20.8. The molecule has 36 heavy (non-hydrogen) atoms. The minimum absolute atomic E-state index is 0.00252. The van der Waals surface area contributed by atoms with Crippen molar-refractivity contribution >= 4 is 21.7 Å². The van der Waals surface area contributed by atoms with Crippen LogP contribution in [0.25, 0.3) is 0 Å². The Hall–Kier alpha value is -2.79. The van der Waals surface area contributed by atoms with Crippen LogP contribution in [0.4, 0.5) is 4.79 Å². The monoisotopic (exact) mass is 516 g/mol. The third-order valence-electron chi connectivity index (χ3n) is 6.19. The van der Waals surface area contributed by atoms with Crippen molar-refractivity contribution in [3.8, 4) is 0 Å². The lowest BCUT2D eigenvalue weighted by atomic mass is 9.97. The average Bonchev–Trinajstić information content (AvgIpc) is 2.88. The molecule has 3 rings (SSSR count). The van der Waals surface area contributed by atoms with Crippen molar-refractivity contribution in [2.24, 2.45) is 17.4 Å². The first kappa shape index (κ1) is 27.8. The summed E-state index contributed by atoms with van der Waals surface area (Å²) in [5, 5.41) is 1.61. The first-order valence-electron chi connectivity index (χ1n) is 12.2. The summed E-state index contributed by atoms with van der Waals surface area (Å²) < 4.78 is 31.2. The highest BCUT2D eigenvalue weighted by atomic mass is 32.2. The summed E-state index contributed by atoms with van der Waals surface area (Å²) >= 11 is 0. The summed E-state index contributed by atoms with van der Waals surface area (Å²) in [5.74, 6) is -0.110. The Balaban J connectivity index is 1.79. The van der Waals surface area contributed by atoms with Crippen LogP contribution in [0.1, 0.15) is 36.2 Å². The smallest absolute Gasteiger partial charge is 0.318 e. The molecule has 2 aromatic carbocycles. The number of carbonyl (C=O) groups excluding carboxylic acids is 2. The lowest BCUT2D eigenvalue weighted by molar-refractivity contribution is 0.0522. The first-order chi connectivity index (χ1) is 17.1. The fraction of sp³-hybridized carbons (Fsp3) is 0.462. The molecule has 1 aliphatic heterocycles. The number of nitrogens with one attached hydrogen (secondary N) is 1. The highest BCUT2D eigenvalue weighted by Crippen LogP contribution is 2.20. The standard InChI is InChI=1S/C26H36N4O5S/c1-18(2)16-22(27)25(28)36(33,34)21-10-8-20(9-11-21)24(31)23(17-19-6-4-3-5-7-19)29-26(32)30-12-14-35-15-13-30/h3-11,18,22-23,25H,12-17,27-28H2,1-2H3,(H,29,32)/t22?,23-,25?/m0/s1. The topological polar surface area (TPSA) is 145 Å². The third-order valence-corrected chi connectivity index (χ3v) is 8.18. The Morgan fingerprint density at radius 2 is 1.61 bits per heavy atom. The Kier molecular flexibility index (Phi) is 9.61. The van der Waals surface area contributed by atoms with E-state index in [1.54, 1.807) is 4.90 Å². The minimum atomic E-state index is -3.88. The number of amides is 2. The zero-order valence-corrected chi connectivity index (χ0v) is 21.6. The number of nitrogens with zero attached hydrogens (tertiary/aromatic N) is 1. The molecule has 0 radical (unpaired) electrons. The number of carbonyl (C=O) groups is 2. The van der Waals surface area contributed by atoms with Gasteiger partial charge in [0.25, 0.3) is 0 Å². The molecule has 10 heteroatoms. The molecule has 2 aromatic rings. The van der Waals surface area contributed by atoms with E-state index in [1.165, 1.54) is 24.3 Å². The molecule has 0 aromatic heterocycles. The molecule has 0 aliphatic carbocycles. The van der Waals surface area contributed by atoms with Gasteiger partial charge in [-0.2, -0.15) is 0 Å². The zero-order chi connectivity index (χ0) is 26.3. The van der Waals surface area contributed by atoms with Crippen LogP contribution < -0.4 is 16.8 Å². The van der Waals surface area contributed by atoms with Crippen LogP contribution in [0, 0.1) is 5.92 Å². The van der Waals surface area contributed by atoms with E-state index >= 15 is 0 Å². The van der Waals surface area contributed by atoms with Gasteiger partial charge in [0.05, 0.1) is 24.2 Å². The summed E-state index contributed by atoms with van der Waals surface area (Å²) in [6, 6.07) is 13.2. The SMILES string of the molecule is CC(C)CC(N)C(N)S(=O)(=O)c1ccc(C(=O)[C@H](Cc2ccccc2)NC(=O)N2CCOCC2)cc1. The van der Waals surface area contributed by atoms with Crippen LogP contribution in [0.5, 0.6) is 0 Å². The average molecular weight is 517 g/mol. The second-order valence-corrected chi connectivity index (χ2v) is 11.6. The molecule has 0 saturated carbocycles. The Labute approximate surface area is 213 Å². The fourth-order valence-corrected chi connectivity index (χ4v) is 5.54. The summed E-state index contributed by atoms with van der Waals surface area (Å²) in [7, 11) is -3.88. The number of Topliss-reactive ketones (excluding diaryl/α,β-unsaturated/α-hetero) is 1. The van der Waals surface area contributed by atoms with Gasteiger partial charge >= 0.3 is 6.03 Å². The van der Waals surface area contributed by atoms with Gasteiger partial charge in [-0.15, -0.1) is 0 Å². The van der Waals surface area contributed by atoms with E-state index in [-0.39, 0.29) is 28.2 Å². The maximum absolute atomic E-state index is 13.4. The lowest BCUT2D eigenvalue weighted by Gasteiger charge is -2.29. The van der Waals surface area contributed by atoms with E-state index in [0.29, 0.717) is 39.1 Å². The van der Waals surface area contributed by atoms with Gasteiger partial charge in [0.2, 0.25) is 0 Å². The molecule has 2 amide bonds. The molecule has 0 bridgehead atoms. The predicted molar refractivity (Wildman–Crippen MR) is 138 cm³/mol. The van der Waals surface area contributed by atoms with Crippen LogP contribution in [-0.4, -0.2) is 68.9 Å². The van der Waals surface area contributed by atoms with E-state index in [2.05, 4.69) is 5.32 Å². The molecular formula is C26H36N4O5S. The van der Waals surface area contributed by atoms with E-state index in [0.717, 1.165) is 5.56 Å². The van der Waals surface area contributed by atoms with Gasteiger partial charge in [-0.05, 0) is 30.0 Å². The molecule has 3 atom stereocenters. The predicted octanol–water partition coefficient (Wildman–Crippen LogP) is 1.95. The molecule has 0 spiro atoms. The fourth-order valence-electron chi connectivity index (χ4n) is 4.14. The van der Waals surface area contributed by atoms with Gasteiger partial charge < -0.3 is 26.4 Å². The second-order valence-electron chi connectivity index (χ2n) is 9.48. The van der Waals surface area contributed by atoms with Gasteiger partial charge in [0, 0.05) is 31.1 Å². The Bertz CT molecular complexity index is 1120. The minimum Gasteiger partial charge on any atom is -0.378 e. The van der Waals surface area contributed by atoms with E-state index in [1.807, 2.05) is 44.2 Å². The molecular weight excluding hydrogens is 480 g/mol. The second kappa shape index (κ2) is 12.4. The van der Waals surface area contributed by atoms with Gasteiger partial charge in [-0.25, -0.2) is 13.2 Å². The van der Waals surface area contributed by atoms with Crippen molar-refractivity contribution in [3.63, 3.8) is 0 Å². The Morgan fingerprint density at radius 3 is 2.19 bits per heavy atom. The number of rotatable bonds is 10. The van der Waals surface area contributed by atoms with Crippen molar-refractivity contribution in [2.45, 2.75) is 49.0 Å². The third kappa shape index (κ3) is 7.13. The van der Waals surface area contributed by atoms with Crippen LogP contribution in [0.15, 0.2) is 59.5 Å². The van der Waals surface area contributed by atoms with Gasteiger partial charge in [0.1, 0.15) is 5.37 Å². The van der Waals surface area contributed by atoms with Crippen molar-refractivity contribution in [1.29, 1.82) is 0 Å². The van der Waals surface area contributed by atoms with Crippen molar-refractivity contribution < 1.29 is 22.7 Å². The number of urea groups is 1. The van der Waals surface area contributed by atoms with Gasteiger partial charge in [-0.3, -0.25) is 4.79 Å². The molecule has 196 valence electrons. The lowest BCUT2D eigenvalue weighted by Crippen LogP contribution is -2.51. The molecule has 5 N–H and O–H groups in total. The quantitative estimate of drug-likeness (QED) is 0.409. The summed E-state index contributed by atoms with van der Waals surface area (Å²) in [6.45, 7) is 5.69. The van der Waals surface area contributed by atoms with Crippen LogP contribution >= 0.6 is 0 Å². The number of morpholine rings is 1. The van der Waals surface area contributed by atoms with E-state index in [4.69, 9.17) is 16.2 Å². The van der Waals surface area contributed by atoms with Crippen molar-refractivity contribution in [1.82, 2.24) is 10.2 Å². The van der Waals surface area contributed by atoms with E-state index in [9.17, 15) is 18.0 Å². The molecule has 1 heterocycles. The molecule has 1 saturated heterocycles. The number of nitrogens with two attached hydrogens (primary N) is 2. The van der Waals surface area contributed by atoms with Gasteiger partial charge in [-0.1, -0.05) is 56.3 Å². The first-order valence-corrected chi connectivity index (χ1v) is 13.7. The largest absolute Gasteiger partial charge is 0.378 e. The van der Waals surface area contributed by atoms with Crippen molar-refractivity contribution in [3.05, 3.63) is 65.7 Å². The molecule has 1 fully saturated rings. The maximum atomic E-state index is 13.4. The highest BCUT2D eigenvalue weighted by Gasteiger charge is 2.31. The summed E-state index contributed by atoms with van der Waals surface area (Å²) in [6.07, 6.45) is 0.770. The van der Waals surface area contributed by atoms with Crippen LogP contribution in [0.2, 0.25) is 0 Å². The van der Waals surface area contributed by atoms with Crippen molar-refractivity contribution in [2.75, 3.05) is 26.3 Å². The summed E-state index contributed by atoms with van der Waals surface area (Å²) in [4.78, 5) is 27.9. The number of ketones is 1. The maximum Gasteiger partial charge on any atom is 0.318 e. The number of ether oxygens (including phenoxy) is 1. The van der Waals surface area contributed by atoms with Crippen LogP contribution in [0.3, 0.4) is 0 Å². The number of sulfone groups is 1. The summed E-state index contributed by atoms with van der Waals surface area (Å²) in [5.41, 5.74) is 13.2. The normalized spacial score (nSPS) is 16.9. The Morgan fingerprint density at radius 1 is 1.00 bits per heavy atom. The highest BCUT2D eigenvalue weighted by molar-refractivity contribution is 7.92. The number of hydrogen-bond donors (Lipinski definition) is 3. The van der Waals surface area contributed by atoms with Gasteiger partial charge in [0.15, 0.2) is 15.6 Å². The number of hydrogen-bond acceptors (Lipinski definition) is 7. The van der Waals surface area contributed by atoms with Crippen LogP contribution in [-0.2, 0) is 21.0 Å². The van der Waals surface area contributed by atoms with E-state index < -0.39 is 27.3 Å². The molecule has 2 unspecified atom stereocenters. The molecule has 9 nitrogen and oxygen atoms in total.